The number of non-ortho nitro benzene ring substituents is 1. The van der Waals surface area contributed by atoms with Gasteiger partial charge >= 0.3 is 0 Å². The second-order valence-corrected chi connectivity index (χ2v) is 6.72. The number of nitrogens with one attached hydrogen (secondary N) is 1. The minimum absolute atomic E-state index is 0.0535. The number of benzene rings is 2. The number of nitro benzene ring substituents is 1. The summed E-state index contributed by atoms with van der Waals surface area (Å²) >= 11 is 5.47. The van der Waals surface area contributed by atoms with Gasteiger partial charge in [0.15, 0.2) is 5.11 Å². The summed E-state index contributed by atoms with van der Waals surface area (Å²) in [7, 11) is 0. The van der Waals surface area contributed by atoms with Gasteiger partial charge in [-0.15, -0.1) is 0 Å². The van der Waals surface area contributed by atoms with E-state index < -0.39 is 4.92 Å². The first-order chi connectivity index (χ1) is 13.1. The van der Waals surface area contributed by atoms with Crippen molar-refractivity contribution in [2.75, 3.05) is 38.0 Å². The van der Waals surface area contributed by atoms with E-state index in [4.69, 9.17) is 12.2 Å². The van der Waals surface area contributed by atoms with E-state index in [0.717, 1.165) is 32.7 Å². The van der Waals surface area contributed by atoms with E-state index in [-0.39, 0.29) is 5.69 Å². The SMILES string of the molecule is O=[N+]([O-])c1cccc(NC(=S)N2CCN(C/C=C/c3ccccc3)CC2)c1. The molecule has 1 saturated heterocycles. The maximum Gasteiger partial charge on any atom is 0.271 e. The highest BCUT2D eigenvalue weighted by atomic mass is 32.1. The monoisotopic (exact) mass is 382 g/mol. The number of rotatable bonds is 5. The normalized spacial score (nSPS) is 15.0. The van der Waals surface area contributed by atoms with Gasteiger partial charge in [0.05, 0.1) is 4.92 Å². The number of hydrogen-bond acceptors (Lipinski definition) is 4. The van der Waals surface area contributed by atoms with Crippen LogP contribution in [0.4, 0.5) is 11.4 Å². The fraction of sp³-hybridized carbons (Fsp3) is 0.250. The number of thiocarbonyl (C=S) groups is 1. The molecule has 1 aliphatic rings. The molecule has 2 aromatic rings. The minimum Gasteiger partial charge on any atom is -0.346 e. The summed E-state index contributed by atoms with van der Waals surface area (Å²) in [5.41, 5.74) is 1.90. The number of nitro groups is 1. The van der Waals surface area contributed by atoms with Crippen LogP contribution < -0.4 is 5.32 Å². The largest absolute Gasteiger partial charge is 0.346 e. The molecular weight excluding hydrogens is 360 g/mol. The van der Waals surface area contributed by atoms with E-state index in [2.05, 4.69) is 39.4 Å². The summed E-state index contributed by atoms with van der Waals surface area (Å²) in [6.07, 6.45) is 4.32. The van der Waals surface area contributed by atoms with Crippen molar-refractivity contribution in [3.05, 3.63) is 76.4 Å². The van der Waals surface area contributed by atoms with Crippen molar-refractivity contribution in [3.8, 4) is 0 Å². The number of hydrogen-bond donors (Lipinski definition) is 1. The average molecular weight is 382 g/mol. The maximum atomic E-state index is 10.9. The highest BCUT2D eigenvalue weighted by Crippen LogP contribution is 2.18. The van der Waals surface area contributed by atoms with Gasteiger partial charge in [-0.25, -0.2) is 0 Å². The molecule has 0 amide bonds. The van der Waals surface area contributed by atoms with Crippen LogP contribution in [0.5, 0.6) is 0 Å². The zero-order chi connectivity index (χ0) is 19.1. The van der Waals surface area contributed by atoms with Crippen molar-refractivity contribution in [1.29, 1.82) is 0 Å². The molecule has 3 rings (SSSR count). The van der Waals surface area contributed by atoms with Crippen molar-refractivity contribution in [1.82, 2.24) is 9.80 Å². The first kappa shape index (κ1) is 19.0. The zero-order valence-corrected chi connectivity index (χ0v) is 15.8. The van der Waals surface area contributed by atoms with Crippen LogP contribution in [-0.2, 0) is 0 Å². The summed E-state index contributed by atoms with van der Waals surface area (Å²) in [5.74, 6) is 0. The molecule has 0 aromatic heterocycles. The molecule has 2 aromatic carbocycles. The Morgan fingerprint density at radius 2 is 1.85 bits per heavy atom. The van der Waals surface area contributed by atoms with E-state index in [1.54, 1.807) is 12.1 Å². The van der Waals surface area contributed by atoms with Gasteiger partial charge in [0, 0.05) is 50.5 Å². The van der Waals surface area contributed by atoms with Crippen LogP contribution in [0.1, 0.15) is 5.56 Å². The molecule has 1 fully saturated rings. The van der Waals surface area contributed by atoms with Crippen LogP contribution in [0.25, 0.3) is 6.08 Å². The van der Waals surface area contributed by atoms with Gasteiger partial charge in [0.1, 0.15) is 0 Å². The molecular formula is C20H22N4O2S. The van der Waals surface area contributed by atoms with E-state index in [1.165, 1.54) is 17.7 Å². The first-order valence-electron chi connectivity index (χ1n) is 8.86. The van der Waals surface area contributed by atoms with Gasteiger partial charge < -0.3 is 10.2 Å². The molecule has 1 heterocycles. The molecule has 6 nitrogen and oxygen atoms in total. The second kappa shape index (κ2) is 9.25. The van der Waals surface area contributed by atoms with Gasteiger partial charge in [-0.1, -0.05) is 48.6 Å². The topological polar surface area (TPSA) is 61.7 Å². The Balaban J connectivity index is 1.46. The van der Waals surface area contributed by atoms with Crippen molar-refractivity contribution >= 4 is 34.8 Å². The molecule has 27 heavy (non-hydrogen) atoms. The van der Waals surface area contributed by atoms with Crippen LogP contribution in [0, 0.1) is 10.1 Å². The molecule has 0 aliphatic carbocycles. The van der Waals surface area contributed by atoms with E-state index in [0.29, 0.717) is 10.8 Å². The molecule has 0 radical (unpaired) electrons. The second-order valence-electron chi connectivity index (χ2n) is 6.34. The van der Waals surface area contributed by atoms with Gasteiger partial charge in [-0.05, 0) is 23.8 Å². The van der Waals surface area contributed by atoms with Crippen LogP contribution in [0.15, 0.2) is 60.7 Å². The van der Waals surface area contributed by atoms with Crippen molar-refractivity contribution in [2.45, 2.75) is 0 Å². The highest BCUT2D eigenvalue weighted by Gasteiger charge is 2.18. The van der Waals surface area contributed by atoms with E-state index in [9.17, 15) is 10.1 Å². The van der Waals surface area contributed by atoms with Crippen LogP contribution in [-0.4, -0.2) is 52.6 Å². The predicted molar refractivity (Wildman–Crippen MR) is 113 cm³/mol. The molecule has 0 spiro atoms. The van der Waals surface area contributed by atoms with Crippen LogP contribution in [0.2, 0.25) is 0 Å². The van der Waals surface area contributed by atoms with Crippen LogP contribution >= 0.6 is 12.2 Å². The lowest BCUT2D eigenvalue weighted by Gasteiger charge is -2.35. The van der Waals surface area contributed by atoms with E-state index in [1.807, 2.05) is 18.2 Å². The van der Waals surface area contributed by atoms with Gasteiger partial charge in [0.2, 0.25) is 0 Å². The molecule has 0 bridgehead atoms. The molecule has 0 unspecified atom stereocenters. The average Bonchev–Trinajstić information content (AvgIpc) is 2.69. The van der Waals surface area contributed by atoms with Crippen molar-refractivity contribution in [3.63, 3.8) is 0 Å². The quantitative estimate of drug-likeness (QED) is 0.484. The smallest absolute Gasteiger partial charge is 0.271 e. The molecule has 0 atom stereocenters. The lowest BCUT2D eigenvalue weighted by molar-refractivity contribution is -0.384. The number of anilines is 1. The Labute approximate surface area is 164 Å². The van der Waals surface area contributed by atoms with Gasteiger partial charge in [0.25, 0.3) is 5.69 Å². The summed E-state index contributed by atoms with van der Waals surface area (Å²) in [6, 6.07) is 16.7. The summed E-state index contributed by atoms with van der Waals surface area (Å²) in [5, 5.41) is 14.6. The Hall–Kier alpha value is -2.77. The lowest BCUT2D eigenvalue weighted by atomic mass is 10.2. The minimum atomic E-state index is -0.407. The summed E-state index contributed by atoms with van der Waals surface area (Å²) in [4.78, 5) is 15.0. The third-order valence-electron chi connectivity index (χ3n) is 4.44. The summed E-state index contributed by atoms with van der Waals surface area (Å²) in [6.45, 7) is 4.43. The fourth-order valence-corrected chi connectivity index (χ4v) is 3.24. The molecule has 1 aliphatic heterocycles. The first-order valence-corrected chi connectivity index (χ1v) is 9.27. The Bertz CT molecular complexity index is 818. The Kier molecular flexibility index (Phi) is 6.51. The number of nitrogens with zero attached hydrogens (tertiary/aromatic N) is 3. The Morgan fingerprint density at radius 3 is 2.56 bits per heavy atom. The van der Waals surface area contributed by atoms with Gasteiger partial charge in [-0.2, -0.15) is 0 Å². The fourth-order valence-electron chi connectivity index (χ4n) is 2.94. The summed E-state index contributed by atoms with van der Waals surface area (Å²) < 4.78 is 0. The Morgan fingerprint density at radius 1 is 1.11 bits per heavy atom. The maximum absolute atomic E-state index is 10.9. The van der Waals surface area contributed by atoms with Crippen molar-refractivity contribution in [2.24, 2.45) is 0 Å². The van der Waals surface area contributed by atoms with E-state index >= 15 is 0 Å². The zero-order valence-electron chi connectivity index (χ0n) is 15.0. The molecule has 1 N–H and O–H groups in total. The molecule has 140 valence electrons. The number of piperazine rings is 1. The predicted octanol–water partition coefficient (Wildman–Crippen LogP) is 3.62. The third-order valence-corrected chi connectivity index (χ3v) is 4.80. The van der Waals surface area contributed by atoms with Crippen molar-refractivity contribution < 1.29 is 4.92 Å². The standard InChI is InChI=1S/C20H22N4O2S/c25-24(26)19-10-4-9-18(16-19)21-20(27)23-14-12-22(13-15-23)11-5-8-17-6-2-1-3-7-17/h1-10,16H,11-15H2,(H,21,27)/b8-5+. The lowest BCUT2D eigenvalue weighted by Crippen LogP contribution is -2.49. The third kappa shape index (κ3) is 5.60. The molecule has 0 saturated carbocycles. The van der Waals surface area contributed by atoms with Crippen LogP contribution in [0.3, 0.4) is 0 Å². The highest BCUT2D eigenvalue weighted by molar-refractivity contribution is 7.80. The van der Waals surface area contributed by atoms with Gasteiger partial charge in [-0.3, -0.25) is 15.0 Å². The molecule has 7 heteroatoms.